The number of anilines is 1. The molecule has 17 nitrogen and oxygen atoms in total. The van der Waals surface area contributed by atoms with Crippen molar-refractivity contribution < 1.29 is 51.3 Å². The Morgan fingerprint density at radius 3 is 2.02 bits per heavy atom. The average Bonchev–Trinajstić information content (AvgIpc) is 3.31. The highest BCUT2D eigenvalue weighted by Gasteiger charge is 2.37. The summed E-state index contributed by atoms with van der Waals surface area (Å²) in [5.41, 5.74) is 5.43. The summed E-state index contributed by atoms with van der Waals surface area (Å²) >= 11 is 0. The van der Waals surface area contributed by atoms with Gasteiger partial charge in [0.25, 0.3) is 21.9 Å². The molecule has 7 N–H and O–H groups in total. The molecule has 7 amide bonds. The quantitative estimate of drug-likeness (QED) is 0.0557. The Balaban J connectivity index is 2.16. The number of imide groups is 1. The monoisotopic (exact) mass is 708 g/mol. The smallest absolute Gasteiger partial charge is 0.312 e. The molecule has 270 valence electrons. The Labute approximate surface area is 284 Å². The van der Waals surface area contributed by atoms with Gasteiger partial charge in [0.1, 0.15) is 18.7 Å². The summed E-state index contributed by atoms with van der Waals surface area (Å²) in [4.78, 5) is 87.4. The fourth-order valence-corrected chi connectivity index (χ4v) is 5.16. The number of esters is 1. The topological polar surface area (TPSA) is 260 Å². The number of rotatable bonds is 17. The highest BCUT2D eigenvalue weighted by Crippen LogP contribution is 2.18. The van der Waals surface area contributed by atoms with Crippen LogP contribution in [0.15, 0.2) is 36.4 Å². The second-order valence-electron chi connectivity index (χ2n) is 12.7. The van der Waals surface area contributed by atoms with Crippen molar-refractivity contribution in [1.29, 1.82) is 0 Å². The molecule has 1 aromatic carbocycles. The highest BCUT2D eigenvalue weighted by atomic mass is 32.2. The minimum atomic E-state index is -5.05. The molecule has 1 heterocycles. The first-order valence-electron chi connectivity index (χ1n) is 15.4. The van der Waals surface area contributed by atoms with Gasteiger partial charge in [0.15, 0.2) is 5.25 Å². The largest absolute Gasteiger partial charge is 0.460 e. The molecule has 0 aromatic heterocycles. The molecule has 0 saturated carbocycles. The van der Waals surface area contributed by atoms with E-state index in [-0.39, 0.29) is 32.0 Å². The molecule has 1 aromatic rings. The summed E-state index contributed by atoms with van der Waals surface area (Å²) in [6, 6.07) is 3.03. The lowest BCUT2D eigenvalue weighted by atomic mass is 9.97. The summed E-state index contributed by atoms with van der Waals surface area (Å²) in [5, 5.41) is 7.78. The van der Waals surface area contributed by atoms with Crippen molar-refractivity contribution in [2.75, 3.05) is 18.4 Å². The number of amides is 7. The van der Waals surface area contributed by atoms with Crippen LogP contribution in [-0.4, -0.2) is 89.8 Å². The second-order valence-corrected chi connectivity index (χ2v) is 14.3. The molecule has 0 unspecified atom stereocenters. The maximum absolute atomic E-state index is 13.4. The van der Waals surface area contributed by atoms with Gasteiger partial charge in [-0.15, -0.1) is 0 Å². The molecule has 18 heteroatoms. The van der Waals surface area contributed by atoms with Gasteiger partial charge in [0.2, 0.25) is 17.7 Å². The lowest BCUT2D eigenvalue weighted by molar-refractivity contribution is -0.154. The highest BCUT2D eigenvalue weighted by molar-refractivity contribution is 7.87. The predicted molar refractivity (Wildman–Crippen MR) is 176 cm³/mol. The third-order valence-electron chi connectivity index (χ3n) is 7.22. The van der Waals surface area contributed by atoms with E-state index in [1.54, 1.807) is 58.9 Å². The number of primary amides is 1. The van der Waals surface area contributed by atoms with Crippen molar-refractivity contribution in [3.63, 3.8) is 0 Å². The first-order chi connectivity index (χ1) is 22.7. The number of ether oxygens (including phenoxy) is 1. The molecule has 0 saturated heterocycles. The summed E-state index contributed by atoms with van der Waals surface area (Å²) in [7, 11) is -5.05. The lowest BCUT2D eigenvalue weighted by Gasteiger charge is -2.27. The first kappa shape index (κ1) is 40.3. The van der Waals surface area contributed by atoms with Crippen LogP contribution in [0.4, 0.5) is 10.5 Å². The maximum Gasteiger partial charge on any atom is 0.312 e. The zero-order valence-corrected chi connectivity index (χ0v) is 28.8. The van der Waals surface area contributed by atoms with E-state index >= 15 is 0 Å². The third kappa shape index (κ3) is 12.9. The molecule has 0 bridgehead atoms. The predicted octanol–water partition coefficient (Wildman–Crippen LogP) is 0.360. The average molecular weight is 709 g/mol. The summed E-state index contributed by atoms with van der Waals surface area (Å²) in [5.74, 6) is -5.23. The number of nitrogens with one attached hydrogen (secondary N) is 4. The Bertz CT molecular complexity index is 1530. The van der Waals surface area contributed by atoms with Crippen LogP contribution in [0.2, 0.25) is 0 Å². The van der Waals surface area contributed by atoms with Crippen LogP contribution in [0.3, 0.4) is 0 Å². The van der Waals surface area contributed by atoms with Crippen molar-refractivity contribution in [1.82, 2.24) is 20.9 Å². The standard InChI is InChI=1S/C31H44N6O11S/c1-18(2)25(36-27(41)22(49(45,46)47)14-16-37-23(38)12-13-24(37)39)28(42)35-21(7-6-15-33-30(32)44)26(40)34-20-10-8-19(9-11-20)17-48-29(43)31(3,4)5/h8-13,18,21-22,25H,6-7,14-17H2,1-5H3,(H,34,40)(H,35,42)(H,36,41)(H3,32,33,44)(H,45,46,47)/t21-,22-,25-/m0/s1. The molecule has 49 heavy (non-hydrogen) atoms. The van der Waals surface area contributed by atoms with Crippen molar-refractivity contribution in [3.8, 4) is 0 Å². The summed E-state index contributed by atoms with van der Waals surface area (Å²) in [6.07, 6.45) is 1.51. The lowest BCUT2D eigenvalue weighted by Crippen LogP contribution is -2.56. The molecular formula is C31H44N6O11S. The van der Waals surface area contributed by atoms with Gasteiger partial charge in [-0.05, 0) is 63.6 Å². The molecule has 3 atom stereocenters. The van der Waals surface area contributed by atoms with E-state index in [0.29, 0.717) is 16.2 Å². The molecule has 1 aliphatic heterocycles. The Kier molecular flexibility index (Phi) is 14.4. The van der Waals surface area contributed by atoms with Gasteiger partial charge >= 0.3 is 12.0 Å². The van der Waals surface area contributed by atoms with E-state index in [1.165, 1.54) is 0 Å². The van der Waals surface area contributed by atoms with E-state index in [4.69, 9.17) is 10.5 Å². The van der Waals surface area contributed by atoms with Crippen LogP contribution >= 0.6 is 0 Å². The van der Waals surface area contributed by atoms with Crippen LogP contribution in [0.5, 0.6) is 0 Å². The number of hydrogen-bond acceptors (Lipinski definition) is 10. The molecule has 1 aliphatic rings. The normalized spacial score (nSPS) is 15.0. The van der Waals surface area contributed by atoms with E-state index in [0.717, 1.165) is 12.2 Å². The van der Waals surface area contributed by atoms with Crippen LogP contribution in [0.25, 0.3) is 0 Å². The molecular weight excluding hydrogens is 664 g/mol. The number of benzene rings is 1. The van der Waals surface area contributed by atoms with Gasteiger partial charge in [0.05, 0.1) is 5.41 Å². The fourth-order valence-electron chi connectivity index (χ4n) is 4.42. The molecule has 2 rings (SSSR count). The van der Waals surface area contributed by atoms with Crippen LogP contribution in [-0.2, 0) is 50.2 Å². The minimum Gasteiger partial charge on any atom is -0.460 e. The van der Waals surface area contributed by atoms with E-state index in [2.05, 4.69) is 21.3 Å². The van der Waals surface area contributed by atoms with Gasteiger partial charge < -0.3 is 31.7 Å². The SMILES string of the molecule is CC(C)[C@H](NC(=O)[C@H](CCN1C(=O)C=CC1=O)S(=O)(=O)O)C(=O)N[C@@H](CCCNC(N)=O)C(=O)Nc1ccc(COC(=O)C(C)(C)C)cc1. The molecule has 0 radical (unpaired) electrons. The molecule has 0 spiro atoms. The van der Waals surface area contributed by atoms with E-state index < -0.39 is 87.3 Å². The Morgan fingerprint density at radius 1 is 0.918 bits per heavy atom. The second kappa shape index (κ2) is 17.5. The van der Waals surface area contributed by atoms with E-state index in [9.17, 15) is 46.5 Å². The van der Waals surface area contributed by atoms with Gasteiger partial charge in [0, 0.05) is 30.9 Å². The fraction of sp³-hybridized carbons (Fsp3) is 0.516. The zero-order chi connectivity index (χ0) is 37.1. The van der Waals surface area contributed by atoms with Crippen LogP contribution in [0.1, 0.15) is 59.4 Å². The zero-order valence-electron chi connectivity index (χ0n) is 28.0. The molecule has 0 fully saturated rings. The van der Waals surface area contributed by atoms with Crippen molar-refractivity contribution in [2.45, 2.75) is 77.8 Å². The van der Waals surface area contributed by atoms with Gasteiger partial charge in [-0.1, -0.05) is 26.0 Å². The summed E-state index contributed by atoms with van der Waals surface area (Å²) < 4.78 is 39.3. The number of nitrogens with zero attached hydrogens (tertiary/aromatic N) is 1. The minimum absolute atomic E-state index is 0.0109. The number of carbonyl (C=O) groups excluding carboxylic acids is 7. The van der Waals surface area contributed by atoms with Gasteiger partial charge in [-0.3, -0.25) is 38.2 Å². The third-order valence-corrected chi connectivity index (χ3v) is 8.39. The number of carbonyl (C=O) groups is 7. The van der Waals surface area contributed by atoms with Gasteiger partial charge in [-0.25, -0.2) is 4.79 Å². The van der Waals surface area contributed by atoms with Gasteiger partial charge in [-0.2, -0.15) is 8.42 Å². The van der Waals surface area contributed by atoms with Crippen LogP contribution in [0, 0.1) is 11.3 Å². The Hall–Kier alpha value is -4.84. The number of nitrogens with two attached hydrogens (primary N) is 1. The van der Waals surface area contributed by atoms with E-state index in [1.807, 2.05) is 0 Å². The maximum atomic E-state index is 13.4. The summed E-state index contributed by atoms with van der Waals surface area (Å²) in [6.45, 7) is 7.87. The van der Waals surface area contributed by atoms with Crippen molar-refractivity contribution >= 4 is 57.3 Å². The van der Waals surface area contributed by atoms with Crippen molar-refractivity contribution in [3.05, 3.63) is 42.0 Å². The number of hydrogen-bond donors (Lipinski definition) is 6. The first-order valence-corrected chi connectivity index (χ1v) is 16.9. The van der Waals surface area contributed by atoms with Crippen molar-refractivity contribution in [2.24, 2.45) is 17.1 Å². The Morgan fingerprint density at radius 2 is 1.51 bits per heavy atom. The number of urea groups is 1. The van der Waals surface area contributed by atoms with Crippen LogP contribution < -0.4 is 27.0 Å². The molecule has 0 aliphatic carbocycles.